The number of nitrogens with one attached hydrogen (secondary N) is 3. The maximum atomic E-state index is 12.3. The molecule has 156 valence electrons. The van der Waals surface area contributed by atoms with Crippen LogP contribution in [0.25, 0.3) is 0 Å². The molecule has 0 radical (unpaired) electrons. The first-order valence-corrected chi connectivity index (χ1v) is 10.1. The standard InChI is InChI=1S/C23H31N3O3/c1-4-5-12-24-23(28)18-8-6-10-20(13-18)26-22(27)15-25-19-9-7-11-21(14-19)29-16-17(2)3/h6-11,13-14,17,25H,4-5,12,15-16H2,1-3H3,(H,24,28)(H,26,27). The predicted octanol–water partition coefficient (Wildman–Crippen LogP) is 4.30. The Morgan fingerprint density at radius 3 is 2.55 bits per heavy atom. The van der Waals surface area contributed by atoms with Gasteiger partial charge in [0, 0.05) is 29.5 Å². The van der Waals surface area contributed by atoms with Crippen LogP contribution >= 0.6 is 0 Å². The van der Waals surface area contributed by atoms with Crippen molar-refractivity contribution in [3.63, 3.8) is 0 Å². The zero-order chi connectivity index (χ0) is 21.1. The summed E-state index contributed by atoms with van der Waals surface area (Å²) in [7, 11) is 0. The molecule has 0 aliphatic carbocycles. The smallest absolute Gasteiger partial charge is 0.251 e. The number of unbranched alkanes of at least 4 members (excludes halogenated alkanes) is 1. The van der Waals surface area contributed by atoms with E-state index in [9.17, 15) is 9.59 Å². The number of carbonyl (C=O) groups excluding carboxylic acids is 2. The van der Waals surface area contributed by atoms with Gasteiger partial charge >= 0.3 is 0 Å². The molecule has 2 rings (SSSR count). The van der Waals surface area contributed by atoms with E-state index in [2.05, 4.69) is 36.7 Å². The van der Waals surface area contributed by atoms with Gasteiger partial charge in [0.25, 0.3) is 5.91 Å². The van der Waals surface area contributed by atoms with Crippen molar-refractivity contribution in [3.05, 3.63) is 54.1 Å². The van der Waals surface area contributed by atoms with E-state index in [-0.39, 0.29) is 18.4 Å². The van der Waals surface area contributed by atoms with E-state index >= 15 is 0 Å². The van der Waals surface area contributed by atoms with Crippen molar-refractivity contribution in [1.29, 1.82) is 0 Å². The molecule has 0 saturated carbocycles. The summed E-state index contributed by atoms with van der Waals surface area (Å²) in [5.41, 5.74) is 1.93. The summed E-state index contributed by atoms with van der Waals surface area (Å²) in [6, 6.07) is 14.5. The summed E-state index contributed by atoms with van der Waals surface area (Å²) < 4.78 is 5.70. The summed E-state index contributed by atoms with van der Waals surface area (Å²) in [6.45, 7) is 7.67. The minimum absolute atomic E-state index is 0.112. The lowest BCUT2D eigenvalue weighted by Crippen LogP contribution is -2.25. The van der Waals surface area contributed by atoms with Crippen LogP contribution in [0.2, 0.25) is 0 Å². The largest absolute Gasteiger partial charge is 0.493 e. The molecule has 0 heterocycles. The molecule has 2 aromatic rings. The van der Waals surface area contributed by atoms with Gasteiger partial charge in [-0.3, -0.25) is 9.59 Å². The zero-order valence-corrected chi connectivity index (χ0v) is 17.5. The Kier molecular flexibility index (Phi) is 9.02. The molecule has 29 heavy (non-hydrogen) atoms. The average Bonchev–Trinajstić information content (AvgIpc) is 2.71. The first kappa shape index (κ1) is 22.3. The van der Waals surface area contributed by atoms with Crippen molar-refractivity contribution in [1.82, 2.24) is 5.32 Å². The molecule has 0 unspecified atom stereocenters. The van der Waals surface area contributed by atoms with Crippen molar-refractivity contribution < 1.29 is 14.3 Å². The Morgan fingerprint density at radius 1 is 1.03 bits per heavy atom. The van der Waals surface area contributed by atoms with Gasteiger partial charge in [-0.1, -0.05) is 39.3 Å². The highest BCUT2D eigenvalue weighted by Gasteiger charge is 2.08. The van der Waals surface area contributed by atoms with E-state index in [1.54, 1.807) is 24.3 Å². The molecule has 0 atom stereocenters. The number of ether oxygens (including phenoxy) is 1. The number of hydrogen-bond acceptors (Lipinski definition) is 4. The summed E-state index contributed by atoms with van der Waals surface area (Å²) >= 11 is 0. The van der Waals surface area contributed by atoms with E-state index in [1.165, 1.54) is 0 Å². The van der Waals surface area contributed by atoms with Gasteiger partial charge in [0.15, 0.2) is 0 Å². The van der Waals surface area contributed by atoms with Gasteiger partial charge in [0.1, 0.15) is 5.75 Å². The highest BCUT2D eigenvalue weighted by molar-refractivity contribution is 5.98. The van der Waals surface area contributed by atoms with E-state index in [0.717, 1.165) is 24.3 Å². The highest BCUT2D eigenvalue weighted by Crippen LogP contribution is 2.18. The van der Waals surface area contributed by atoms with Crippen molar-refractivity contribution in [2.45, 2.75) is 33.6 Å². The second-order valence-corrected chi connectivity index (χ2v) is 7.32. The second kappa shape index (κ2) is 11.7. The molecule has 0 spiro atoms. The normalized spacial score (nSPS) is 10.5. The topological polar surface area (TPSA) is 79.5 Å². The van der Waals surface area contributed by atoms with Crippen LogP contribution in [0.3, 0.4) is 0 Å². The molecule has 0 saturated heterocycles. The fourth-order valence-electron chi connectivity index (χ4n) is 2.57. The zero-order valence-electron chi connectivity index (χ0n) is 17.5. The molecular weight excluding hydrogens is 366 g/mol. The molecule has 0 aliphatic rings. The molecule has 2 aromatic carbocycles. The van der Waals surface area contributed by atoms with Gasteiger partial charge in [-0.2, -0.15) is 0 Å². The molecule has 2 amide bonds. The van der Waals surface area contributed by atoms with Gasteiger partial charge in [-0.15, -0.1) is 0 Å². The van der Waals surface area contributed by atoms with Gasteiger partial charge < -0.3 is 20.7 Å². The van der Waals surface area contributed by atoms with E-state index in [1.807, 2.05) is 24.3 Å². The SMILES string of the molecule is CCCCNC(=O)c1cccc(NC(=O)CNc2cccc(OCC(C)C)c2)c1. The number of anilines is 2. The number of rotatable bonds is 11. The van der Waals surface area contributed by atoms with E-state index < -0.39 is 0 Å². The lowest BCUT2D eigenvalue weighted by atomic mass is 10.2. The maximum Gasteiger partial charge on any atom is 0.251 e. The third kappa shape index (κ3) is 8.25. The van der Waals surface area contributed by atoms with Crippen LogP contribution < -0.4 is 20.7 Å². The van der Waals surface area contributed by atoms with Gasteiger partial charge in [-0.25, -0.2) is 0 Å². The molecule has 0 fully saturated rings. The van der Waals surface area contributed by atoms with Crippen LogP contribution in [0.4, 0.5) is 11.4 Å². The molecular formula is C23H31N3O3. The summed E-state index contributed by atoms with van der Waals surface area (Å²) in [5, 5.41) is 8.78. The van der Waals surface area contributed by atoms with Crippen LogP contribution in [0.1, 0.15) is 44.0 Å². The number of benzene rings is 2. The molecule has 6 heteroatoms. The number of hydrogen-bond donors (Lipinski definition) is 3. The Morgan fingerprint density at radius 2 is 1.79 bits per heavy atom. The van der Waals surface area contributed by atoms with Crippen LogP contribution in [0.5, 0.6) is 5.75 Å². The monoisotopic (exact) mass is 397 g/mol. The molecule has 3 N–H and O–H groups in total. The maximum absolute atomic E-state index is 12.3. The molecule has 0 aliphatic heterocycles. The summed E-state index contributed by atoms with van der Waals surface area (Å²) in [6.07, 6.45) is 1.97. The third-order valence-electron chi connectivity index (χ3n) is 4.09. The van der Waals surface area contributed by atoms with Crippen molar-refractivity contribution >= 4 is 23.2 Å². The predicted molar refractivity (Wildman–Crippen MR) is 118 cm³/mol. The van der Waals surface area contributed by atoms with Gasteiger partial charge in [0.2, 0.25) is 5.91 Å². The van der Waals surface area contributed by atoms with Crippen LogP contribution in [0.15, 0.2) is 48.5 Å². The minimum atomic E-state index is -0.193. The average molecular weight is 398 g/mol. The Balaban J connectivity index is 1.86. The first-order chi connectivity index (χ1) is 14.0. The summed E-state index contributed by atoms with van der Waals surface area (Å²) in [4.78, 5) is 24.4. The van der Waals surface area contributed by atoms with E-state index in [0.29, 0.717) is 30.3 Å². The summed E-state index contributed by atoms with van der Waals surface area (Å²) in [5.74, 6) is 0.890. The number of carbonyl (C=O) groups is 2. The van der Waals surface area contributed by atoms with Crippen molar-refractivity contribution in [2.75, 3.05) is 30.3 Å². The Bertz CT molecular complexity index is 805. The van der Waals surface area contributed by atoms with Crippen LogP contribution in [-0.4, -0.2) is 31.5 Å². The molecule has 0 aromatic heterocycles. The first-order valence-electron chi connectivity index (χ1n) is 10.1. The van der Waals surface area contributed by atoms with Crippen molar-refractivity contribution in [2.24, 2.45) is 5.92 Å². The fraction of sp³-hybridized carbons (Fsp3) is 0.391. The third-order valence-corrected chi connectivity index (χ3v) is 4.09. The highest BCUT2D eigenvalue weighted by atomic mass is 16.5. The van der Waals surface area contributed by atoms with Crippen LogP contribution in [0, 0.1) is 5.92 Å². The van der Waals surface area contributed by atoms with Gasteiger partial charge in [-0.05, 0) is 42.7 Å². The van der Waals surface area contributed by atoms with Gasteiger partial charge in [0.05, 0.1) is 13.2 Å². The molecule has 0 bridgehead atoms. The van der Waals surface area contributed by atoms with Crippen molar-refractivity contribution in [3.8, 4) is 5.75 Å². The Hall–Kier alpha value is -3.02. The quantitative estimate of drug-likeness (QED) is 0.494. The molecule has 6 nitrogen and oxygen atoms in total. The minimum Gasteiger partial charge on any atom is -0.493 e. The lowest BCUT2D eigenvalue weighted by molar-refractivity contribution is -0.114. The lowest BCUT2D eigenvalue weighted by Gasteiger charge is -2.12. The van der Waals surface area contributed by atoms with Crippen LogP contribution in [-0.2, 0) is 4.79 Å². The van der Waals surface area contributed by atoms with E-state index in [4.69, 9.17) is 4.74 Å². The second-order valence-electron chi connectivity index (χ2n) is 7.32. The number of amides is 2. The fourth-order valence-corrected chi connectivity index (χ4v) is 2.57. The Labute approximate surface area is 173 Å².